The summed E-state index contributed by atoms with van der Waals surface area (Å²) in [6, 6.07) is 10.1. The van der Waals surface area contributed by atoms with Gasteiger partial charge in [-0.1, -0.05) is 30.3 Å². The monoisotopic (exact) mass is 350 g/mol. The first-order valence-electron chi connectivity index (χ1n) is 8.81. The van der Waals surface area contributed by atoms with Gasteiger partial charge >= 0.3 is 0 Å². The quantitative estimate of drug-likeness (QED) is 0.832. The topological polar surface area (TPSA) is 55.4 Å². The third-order valence-electron chi connectivity index (χ3n) is 4.71. The van der Waals surface area contributed by atoms with E-state index in [4.69, 9.17) is 28.4 Å². The smallest absolute Gasteiger partial charge is 0.190 e. The molecule has 6 heteroatoms. The molecule has 0 saturated carbocycles. The summed E-state index contributed by atoms with van der Waals surface area (Å²) in [6.45, 7) is 8.52. The Morgan fingerprint density at radius 2 is 1.72 bits per heavy atom. The van der Waals surface area contributed by atoms with Crippen LogP contribution in [0.4, 0.5) is 0 Å². The van der Waals surface area contributed by atoms with E-state index < -0.39 is 17.9 Å². The van der Waals surface area contributed by atoms with Crippen LogP contribution in [0.2, 0.25) is 0 Å². The zero-order valence-electron chi connectivity index (χ0n) is 15.1. The molecule has 25 heavy (non-hydrogen) atoms. The van der Waals surface area contributed by atoms with Crippen molar-refractivity contribution in [3.8, 4) is 0 Å². The van der Waals surface area contributed by atoms with Crippen LogP contribution in [-0.2, 0) is 35.0 Å². The Labute approximate surface area is 148 Å². The van der Waals surface area contributed by atoms with E-state index in [0.29, 0.717) is 13.2 Å². The van der Waals surface area contributed by atoms with E-state index in [1.54, 1.807) is 0 Å². The third-order valence-corrected chi connectivity index (χ3v) is 4.71. The molecule has 0 amide bonds. The largest absolute Gasteiger partial charge is 0.368 e. The average molecular weight is 350 g/mol. The van der Waals surface area contributed by atoms with Crippen LogP contribution in [0.15, 0.2) is 30.3 Å². The SMILES string of the molecule is CC1(C)O[C@H]2O[C@@H]([C@@H]3COC(C)(C)O3)[C@H](OCc3ccccc3)[C@H]2O1. The maximum absolute atomic E-state index is 6.22. The summed E-state index contributed by atoms with van der Waals surface area (Å²) >= 11 is 0. The van der Waals surface area contributed by atoms with Crippen molar-refractivity contribution in [3.05, 3.63) is 35.9 Å². The maximum atomic E-state index is 6.22. The fraction of sp³-hybridized carbons (Fsp3) is 0.684. The van der Waals surface area contributed by atoms with Crippen LogP contribution in [0.5, 0.6) is 0 Å². The fourth-order valence-corrected chi connectivity index (χ4v) is 3.64. The molecule has 0 aromatic heterocycles. The highest BCUT2D eigenvalue weighted by Gasteiger charge is 2.58. The molecule has 3 aliphatic rings. The van der Waals surface area contributed by atoms with Gasteiger partial charge in [0.1, 0.15) is 24.4 Å². The van der Waals surface area contributed by atoms with Crippen LogP contribution in [0.25, 0.3) is 0 Å². The number of fused-ring (bicyclic) bond motifs is 1. The highest BCUT2D eigenvalue weighted by atomic mass is 16.8. The van der Waals surface area contributed by atoms with Crippen molar-refractivity contribution in [2.24, 2.45) is 0 Å². The number of rotatable bonds is 4. The van der Waals surface area contributed by atoms with Gasteiger partial charge in [0.25, 0.3) is 0 Å². The van der Waals surface area contributed by atoms with Crippen molar-refractivity contribution in [1.29, 1.82) is 0 Å². The molecule has 0 bridgehead atoms. The van der Waals surface area contributed by atoms with Gasteiger partial charge in [0, 0.05) is 0 Å². The molecule has 3 saturated heterocycles. The fourth-order valence-electron chi connectivity index (χ4n) is 3.64. The molecule has 0 unspecified atom stereocenters. The highest BCUT2D eigenvalue weighted by molar-refractivity contribution is 5.13. The van der Waals surface area contributed by atoms with Crippen LogP contribution in [0.3, 0.4) is 0 Å². The average Bonchev–Trinajstić information content (AvgIpc) is 3.15. The molecule has 5 atom stereocenters. The van der Waals surface area contributed by atoms with E-state index in [9.17, 15) is 0 Å². The van der Waals surface area contributed by atoms with Crippen molar-refractivity contribution in [3.63, 3.8) is 0 Å². The van der Waals surface area contributed by atoms with E-state index in [1.165, 1.54) is 0 Å². The molecule has 1 aromatic rings. The molecule has 138 valence electrons. The first kappa shape index (κ1) is 17.4. The molecule has 3 aliphatic heterocycles. The molecule has 4 rings (SSSR count). The lowest BCUT2D eigenvalue weighted by Crippen LogP contribution is -2.44. The summed E-state index contributed by atoms with van der Waals surface area (Å²) in [4.78, 5) is 0. The van der Waals surface area contributed by atoms with Gasteiger partial charge in [0.15, 0.2) is 17.9 Å². The summed E-state index contributed by atoms with van der Waals surface area (Å²) < 4.78 is 36.0. The van der Waals surface area contributed by atoms with Crippen molar-refractivity contribution >= 4 is 0 Å². The van der Waals surface area contributed by atoms with E-state index in [0.717, 1.165) is 5.56 Å². The van der Waals surface area contributed by atoms with Crippen LogP contribution < -0.4 is 0 Å². The van der Waals surface area contributed by atoms with Crippen molar-refractivity contribution in [2.45, 2.75) is 76.6 Å². The highest BCUT2D eigenvalue weighted by Crippen LogP contribution is 2.42. The Bertz CT molecular complexity index is 601. The minimum Gasteiger partial charge on any atom is -0.368 e. The van der Waals surface area contributed by atoms with Gasteiger partial charge in [-0.05, 0) is 33.3 Å². The standard InChI is InChI=1S/C19H26O6/c1-18(2)21-11-13(23-18)14-15(20-10-12-8-6-5-7-9-12)16-17(22-14)25-19(3,4)24-16/h5-9,13-17H,10-11H2,1-4H3/t13-,14-,15-,16+,17+/m0/s1. The number of hydrogen-bond donors (Lipinski definition) is 0. The molecule has 0 aliphatic carbocycles. The summed E-state index contributed by atoms with van der Waals surface area (Å²) in [5.41, 5.74) is 1.10. The van der Waals surface area contributed by atoms with Crippen LogP contribution >= 0.6 is 0 Å². The summed E-state index contributed by atoms with van der Waals surface area (Å²) in [7, 11) is 0. The van der Waals surface area contributed by atoms with E-state index in [1.807, 2.05) is 58.0 Å². The molecular weight excluding hydrogens is 324 g/mol. The van der Waals surface area contributed by atoms with Gasteiger partial charge in [-0.15, -0.1) is 0 Å². The second kappa shape index (κ2) is 6.30. The minimum absolute atomic E-state index is 0.211. The van der Waals surface area contributed by atoms with Gasteiger partial charge in [-0.2, -0.15) is 0 Å². The first-order chi connectivity index (χ1) is 11.8. The summed E-state index contributed by atoms with van der Waals surface area (Å²) in [6.07, 6.45) is -1.52. The molecule has 0 spiro atoms. The lowest BCUT2D eigenvalue weighted by atomic mass is 10.1. The maximum Gasteiger partial charge on any atom is 0.190 e. The van der Waals surface area contributed by atoms with Gasteiger partial charge in [-0.3, -0.25) is 0 Å². The van der Waals surface area contributed by atoms with Crippen molar-refractivity contribution in [2.75, 3.05) is 6.61 Å². The molecule has 1 aromatic carbocycles. The number of hydrogen-bond acceptors (Lipinski definition) is 6. The van der Waals surface area contributed by atoms with Crippen LogP contribution in [0, 0.1) is 0 Å². The molecule has 3 heterocycles. The second-order valence-corrected chi connectivity index (χ2v) is 7.70. The molecular formula is C19H26O6. The zero-order chi connectivity index (χ0) is 17.7. The first-order valence-corrected chi connectivity index (χ1v) is 8.81. The van der Waals surface area contributed by atoms with Crippen molar-refractivity contribution in [1.82, 2.24) is 0 Å². The minimum atomic E-state index is -0.680. The van der Waals surface area contributed by atoms with Gasteiger partial charge in [-0.25, -0.2) is 0 Å². The van der Waals surface area contributed by atoms with E-state index in [2.05, 4.69) is 0 Å². The van der Waals surface area contributed by atoms with Gasteiger partial charge in [0.2, 0.25) is 0 Å². The van der Waals surface area contributed by atoms with Crippen molar-refractivity contribution < 1.29 is 28.4 Å². The van der Waals surface area contributed by atoms with Gasteiger partial charge < -0.3 is 28.4 Å². The number of benzene rings is 1. The Morgan fingerprint density at radius 1 is 0.960 bits per heavy atom. The predicted octanol–water partition coefficient (Wildman–Crippen LogP) is 2.60. The molecule has 6 nitrogen and oxygen atoms in total. The van der Waals surface area contributed by atoms with E-state index >= 15 is 0 Å². The van der Waals surface area contributed by atoms with Gasteiger partial charge in [0.05, 0.1) is 13.2 Å². The number of ether oxygens (including phenoxy) is 6. The molecule has 0 radical (unpaired) electrons. The normalized spacial score (nSPS) is 38.8. The van der Waals surface area contributed by atoms with Crippen LogP contribution in [-0.4, -0.2) is 48.9 Å². The lowest BCUT2D eigenvalue weighted by Gasteiger charge is -2.29. The Kier molecular flexibility index (Phi) is 4.38. The Hall–Kier alpha value is -1.02. The predicted molar refractivity (Wildman–Crippen MR) is 88.6 cm³/mol. The zero-order valence-corrected chi connectivity index (χ0v) is 15.1. The second-order valence-electron chi connectivity index (χ2n) is 7.70. The molecule has 0 N–H and O–H groups in total. The Balaban J connectivity index is 1.50. The summed E-state index contributed by atoms with van der Waals surface area (Å²) in [5, 5.41) is 0. The summed E-state index contributed by atoms with van der Waals surface area (Å²) in [5.74, 6) is -1.29. The van der Waals surface area contributed by atoms with Crippen LogP contribution in [0.1, 0.15) is 33.3 Å². The lowest BCUT2D eigenvalue weighted by molar-refractivity contribution is -0.236. The Morgan fingerprint density at radius 3 is 2.40 bits per heavy atom. The molecule has 3 fully saturated rings. The third kappa shape index (κ3) is 3.60. The van der Waals surface area contributed by atoms with E-state index in [-0.39, 0.29) is 24.4 Å².